The molecule has 0 aromatic carbocycles. The lowest BCUT2D eigenvalue weighted by atomic mass is 10.2. The minimum atomic E-state index is -1.20. The fraction of sp³-hybridized carbons (Fsp3) is 0.538. The fourth-order valence-electron chi connectivity index (χ4n) is 1.14. The molecule has 1 atom stereocenters. The predicted octanol–water partition coefficient (Wildman–Crippen LogP) is -0.603. The van der Waals surface area contributed by atoms with E-state index in [1.54, 1.807) is 12.2 Å². The maximum absolute atomic E-state index is 10.0. The van der Waals surface area contributed by atoms with E-state index < -0.39 is 18.0 Å². The number of nitrogens with zero attached hydrogens (tertiary/aromatic N) is 1. The van der Waals surface area contributed by atoms with Gasteiger partial charge >= 0.3 is 5.97 Å². The molecule has 0 radical (unpaired) electrons. The summed E-state index contributed by atoms with van der Waals surface area (Å²) in [5, 5.41) is 27.2. The number of quaternary nitrogens is 1. The number of hydrogen-bond donors (Lipinski definition) is 2. The molecule has 0 fully saturated rings. The largest absolute Gasteiger partial charge is 0.550 e. The normalized spacial score (nSPS) is 13.1. The highest BCUT2D eigenvalue weighted by Gasteiger charge is 2.14. The summed E-state index contributed by atoms with van der Waals surface area (Å²) in [6.07, 6.45) is 4.89. The Morgan fingerprint density at radius 3 is 2.11 bits per heavy atom. The second-order valence-corrected chi connectivity index (χ2v) is 4.93. The third kappa shape index (κ3) is 22.1. The van der Waals surface area contributed by atoms with Crippen LogP contribution in [0.25, 0.3) is 0 Å². The molecule has 0 rings (SSSR count). The highest BCUT2D eigenvalue weighted by molar-refractivity contribution is 5.80. The van der Waals surface area contributed by atoms with Crippen LogP contribution in [-0.2, 0) is 9.59 Å². The standard InChI is InChI=1S/C7H15NO3.C6H8O2/c1-8(2,3)5-6(9)4-7(10)11;1-2-3-4-5-6(7)8/h6,9H,4-5H2,1-3H3;2-5H,1H3,(H,7,8)/t6-;/m1./s1. The summed E-state index contributed by atoms with van der Waals surface area (Å²) in [6, 6.07) is 0. The van der Waals surface area contributed by atoms with Gasteiger partial charge in [-0.2, -0.15) is 0 Å². The van der Waals surface area contributed by atoms with Gasteiger partial charge in [0.05, 0.1) is 21.1 Å². The number of rotatable bonds is 6. The van der Waals surface area contributed by atoms with Crippen LogP contribution >= 0.6 is 0 Å². The summed E-state index contributed by atoms with van der Waals surface area (Å²) in [6.45, 7) is 2.25. The number of likely N-dealkylation sites (N-methyl/N-ethyl adjacent to an activating group) is 1. The lowest BCUT2D eigenvalue weighted by Gasteiger charge is -2.26. The predicted molar refractivity (Wildman–Crippen MR) is 70.1 cm³/mol. The zero-order chi connectivity index (χ0) is 15.5. The Kier molecular flexibility index (Phi) is 10.6. The van der Waals surface area contributed by atoms with E-state index in [0.29, 0.717) is 11.0 Å². The number of carbonyl (C=O) groups is 2. The van der Waals surface area contributed by atoms with Gasteiger partial charge in [-0.05, 0) is 6.92 Å². The van der Waals surface area contributed by atoms with Gasteiger partial charge in [-0.3, -0.25) is 0 Å². The van der Waals surface area contributed by atoms with Gasteiger partial charge in [-0.25, -0.2) is 4.79 Å². The molecule has 0 saturated heterocycles. The van der Waals surface area contributed by atoms with Crippen LogP contribution in [0, 0.1) is 0 Å². The molecule has 0 saturated carbocycles. The van der Waals surface area contributed by atoms with Crippen LogP contribution in [-0.4, -0.2) is 60.4 Å². The van der Waals surface area contributed by atoms with Gasteiger partial charge in [0, 0.05) is 18.5 Å². The van der Waals surface area contributed by atoms with Crippen LogP contribution in [0.1, 0.15) is 13.3 Å². The lowest BCUT2D eigenvalue weighted by Crippen LogP contribution is -2.43. The Bertz CT molecular complexity index is 328. The first-order valence-corrected chi connectivity index (χ1v) is 5.79. The van der Waals surface area contributed by atoms with Gasteiger partial charge in [0.25, 0.3) is 0 Å². The number of carbonyl (C=O) groups excluding carboxylic acids is 1. The first-order valence-electron chi connectivity index (χ1n) is 5.79. The average Bonchev–Trinajstić information content (AvgIpc) is 2.13. The van der Waals surface area contributed by atoms with Crippen molar-refractivity contribution >= 4 is 11.9 Å². The number of carboxylic acid groups (broad SMARTS) is 2. The summed E-state index contributed by atoms with van der Waals surface area (Å²) in [5.41, 5.74) is 0. The summed E-state index contributed by atoms with van der Waals surface area (Å²) in [5.74, 6) is -2.12. The molecule has 0 unspecified atom stereocenters. The van der Waals surface area contributed by atoms with Crippen LogP contribution in [0.5, 0.6) is 0 Å². The second-order valence-electron chi connectivity index (χ2n) is 4.93. The molecule has 110 valence electrons. The van der Waals surface area contributed by atoms with Crippen molar-refractivity contribution in [3.8, 4) is 0 Å². The molecule has 0 aliphatic carbocycles. The second kappa shape index (κ2) is 10.3. The number of aliphatic hydroxyl groups is 1. The van der Waals surface area contributed by atoms with Crippen molar-refractivity contribution in [3.63, 3.8) is 0 Å². The Hall–Kier alpha value is -1.66. The molecule has 0 spiro atoms. The molecular weight excluding hydrogens is 250 g/mol. The molecule has 0 amide bonds. The fourth-order valence-corrected chi connectivity index (χ4v) is 1.14. The van der Waals surface area contributed by atoms with Crippen molar-refractivity contribution in [1.82, 2.24) is 0 Å². The van der Waals surface area contributed by atoms with Gasteiger partial charge in [0.1, 0.15) is 12.6 Å². The molecule has 0 aliphatic heterocycles. The molecule has 0 aromatic heterocycles. The van der Waals surface area contributed by atoms with Crippen molar-refractivity contribution in [2.24, 2.45) is 0 Å². The lowest BCUT2D eigenvalue weighted by molar-refractivity contribution is -0.873. The molecular formula is C13H23NO5. The minimum Gasteiger partial charge on any atom is -0.550 e. The van der Waals surface area contributed by atoms with Crippen LogP contribution in [0.2, 0.25) is 0 Å². The topological polar surface area (TPSA) is 97.7 Å². The Labute approximate surface area is 113 Å². The van der Waals surface area contributed by atoms with E-state index >= 15 is 0 Å². The first-order chi connectivity index (χ1) is 8.58. The molecule has 6 nitrogen and oxygen atoms in total. The van der Waals surface area contributed by atoms with E-state index in [-0.39, 0.29) is 6.42 Å². The van der Waals surface area contributed by atoms with Crippen LogP contribution in [0.3, 0.4) is 0 Å². The zero-order valence-electron chi connectivity index (χ0n) is 11.9. The van der Waals surface area contributed by atoms with E-state index in [1.807, 2.05) is 28.1 Å². The maximum atomic E-state index is 10.0. The van der Waals surface area contributed by atoms with Crippen molar-refractivity contribution in [3.05, 3.63) is 24.3 Å². The van der Waals surface area contributed by atoms with Gasteiger partial charge in [0.15, 0.2) is 0 Å². The van der Waals surface area contributed by atoms with Gasteiger partial charge in [-0.1, -0.05) is 18.2 Å². The number of allylic oxidation sites excluding steroid dienone is 3. The number of carboxylic acids is 2. The van der Waals surface area contributed by atoms with E-state index in [9.17, 15) is 14.7 Å². The van der Waals surface area contributed by atoms with Crippen LogP contribution in [0.15, 0.2) is 24.3 Å². The first kappa shape index (κ1) is 19.7. The maximum Gasteiger partial charge on any atom is 0.328 e. The number of hydrogen-bond acceptors (Lipinski definition) is 4. The van der Waals surface area contributed by atoms with Crippen molar-refractivity contribution in [2.45, 2.75) is 19.4 Å². The molecule has 0 heterocycles. The summed E-state index contributed by atoms with van der Waals surface area (Å²) < 4.78 is 0.550. The van der Waals surface area contributed by atoms with Gasteiger partial charge in [0.2, 0.25) is 0 Å². The van der Waals surface area contributed by atoms with Gasteiger partial charge < -0.3 is 24.6 Å². The third-order valence-corrected chi connectivity index (χ3v) is 1.70. The minimum absolute atomic E-state index is 0.282. The zero-order valence-corrected chi connectivity index (χ0v) is 11.9. The monoisotopic (exact) mass is 273 g/mol. The average molecular weight is 273 g/mol. The number of aliphatic carboxylic acids is 2. The summed E-state index contributed by atoms with van der Waals surface area (Å²) >= 11 is 0. The van der Waals surface area contributed by atoms with Gasteiger partial charge in [-0.15, -0.1) is 0 Å². The third-order valence-electron chi connectivity index (χ3n) is 1.70. The molecule has 0 aromatic rings. The van der Waals surface area contributed by atoms with Crippen molar-refractivity contribution in [1.29, 1.82) is 0 Å². The Morgan fingerprint density at radius 1 is 1.26 bits per heavy atom. The number of aliphatic hydroxyl groups excluding tert-OH is 1. The molecule has 2 N–H and O–H groups in total. The Morgan fingerprint density at radius 2 is 1.79 bits per heavy atom. The van der Waals surface area contributed by atoms with Crippen molar-refractivity contribution < 1.29 is 29.4 Å². The molecule has 0 bridgehead atoms. The van der Waals surface area contributed by atoms with E-state index in [4.69, 9.17) is 10.2 Å². The van der Waals surface area contributed by atoms with E-state index in [2.05, 4.69) is 0 Å². The summed E-state index contributed by atoms with van der Waals surface area (Å²) in [7, 11) is 5.66. The Balaban J connectivity index is 0. The molecule has 6 heteroatoms. The SMILES string of the molecule is CC=CC=CC(=O)O.C[N+](C)(C)C[C@H](O)CC(=O)[O-]. The van der Waals surface area contributed by atoms with E-state index in [0.717, 1.165) is 6.08 Å². The molecule has 0 aliphatic rings. The molecule has 19 heavy (non-hydrogen) atoms. The van der Waals surface area contributed by atoms with Crippen LogP contribution in [0.4, 0.5) is 0 Å². The highest BCUT2D eigenvalue weighted by atomic mass is 16.4. The highest BCUT2D eigenvalue weighted by Crippen LogP contribution is 1.97. The smallest absolute Gasteiger partial charge is 0.328 e. The quantitative estimate of drug-likeness (QED) is 0.382. The van der Waals surface area contributed by atoms with Crippen LogP contribution < -0.4 is 5.11 Å². The van der Waals surface area contributed by atoms with Crippen molar-refractivity contribution in [2.75, 3.05) is 27.7 Å². The summed E-state index contributed by atoms with van der Waals surface area (Å²) in [4.78, 5) is 19.8. The van der Waals surface area contributed by atoms with E-state index in [1.165, 1.54) is 6.08 Å².